The Balaban J connectivity index is 3.55. The molecule has 1 N–H and O–H groups in total. The number of ether oxygens (including phenoxy) is 1. The predicted molar refractivity (Wildman–Crippen MR) is 40.5 cm³/mol. The van der Waals surface area contributed by atoms with Gasteiger partial charge >= 0.3 is 5.97 Å². The Hall–Kier alpha value is -1.01. The van der Waals surface area contributed by atoms with E-state index < -0.39 is 12.1 Å². The zero-order valence-corrected chi connectivity index (χ0v) is 6.76. The Kier molecular flexibility index (Phi) is 5.22. The van der Waals surface area contributed by atoms with Crippen LogP contribution >= 0.6 is 0 Å². The second-order valence-corrected chi connectivity index (χ2v) is 2.13. The quantitative estimate of drug-likeness (QED) is 0.472. The van der Waals surface area contributed by atoms with Crippen molar-refractivity contribution < 1.29 is 14.6 Å². The molecule has 3 nitrogen and oxygen atoms in total. The molecule has 0 rings (SSSR count). The predicted octanol–water partition coefficient (Wildman–Crippen LogP) is 0.671. The molecule has 0 radical (unpaired) electrons. The van der Waals surface area contributed by atoms with Gasteiger partial charge in [0.05, 0.1) is 0 Å². The molecule has 62 valence electrons. The summed E-state index contributed by atoms with van der Waals surface area (Å²) in [6.07, 6.45) is 2.75. The van der Waals surface area contributed by atoms with Gasteiger partial charge in [-0.2, -0.15) is 0 Å². The van der Waals surface area contributed by atoms with E-state index in [0.29, 0.717) is 6.42 Å². The van der Waals surface area contributed by atoms with Gasteiger partial charge in [0.15, 0.2) is 0 Å². The first-order valence-corrected chi connectivity index (χ1v) is 3.55. The molecular formula is C8H12O3. The van der Waals surface area contributed by atoms with Gasteiger partial charge in [-0.05, 0) is 13.3 Å². The fourth-order valence-corrected chi connectivity index (χ4v) is 0.348. The van der Waals surface area contributed by atoms with Gasteiger partial charge < -0.3 is 9.84 Å². The van der Waals surface area contributed by atoms with Crippen LogP contribution < -0.4 is 0 Å². The summed E-state index contributed by atoms with van der Waals surface area (Å²) in [6.45, 7) is 3.31. The van der Waals surface area contributed by atoms with Crippen molar-refractivity contribution in [1.82, 2.24) is 0 Å². The topological polar surface area (TPSA) is 46.5 Å². The maximum absolute atomic E-state index is 10.5. The van der Waals surface area contributed by atoms with Gasteiger partial charge in [-0.1, -0.05) is 12.8 Å². The van der Waals surface area contributed by atoms with Crippen LogP contribution in [0.3, 0.4) is 0 Å². The Morgan fingerprint density at radius 3 is 2.82 bits per heavy atom. The number of aliphatic hydroxyl groups excluding tert-OH is 1. The van der Waals surface area contributed by atoms with E-state index in [1.165, 1.54) is 6.92 Å². The van der Waals surface area contributed by atoms with E-state index in [2.05, 4.69) is 16.8 Å². The third kappa shape index (κ3) is 5.43. The SMILES string of the molecule is CCCC#COC(=O)C(C)O. The molecule has 0 aromatic rings. The molecule has 0 spiro atoms. The molecule has 1 unspecified atom stereocenters. The van der Waals surface area contributed by atoms with Gasteiger partial charge in [-0.15, -0.1) is 0 Å². The van der Waals surface area contributed by atoms with Gasteiger partial charge in [0.1, 0.15) is 12.2 Å². The molecule has 1 atom stereocenters. The molecule has 0 bridgehead atoms. The number of aliphatic hydroxyl groups is 1. The normalized spacial score (nSPS) is 11.2. The lowest BCUT2D eigenvalue weighted by atomic mass is 10.4. The molecule has 0 aromatic carbocycles. The number of unbranched alkanes of at least 4 members (excludes halogenated alkanes) is 1. The average molecular weight is 156 g/mol. The highest BCUT2D eigenvalue weighted by Gasteiger charge is 2.07. The number of carbonyl (C=O) groups is 1. The number of hydrogen-bond acceptors (Lipinski definition) is 3. The van der Waals surface area contributed by atoms with E-state index in [1.54, 1.807) is 0 Å². The van der Waals surface area contributed by atoms with Crippen molar-refractivity contribution in [2.24, 2.45) is 0 Å². The van der Waals surface area contributed by atoms with Crippen LogP contribution in [0.1, 0.15) is 26.7 Å². The lowest BCUT2D eigenvalue weighted by molar-refractivity contribution is -0.145. The molecule has 11 heavy (non-hydrogen) atoms. The molecule has 0 aliphatic rings. The van der Waals surface area contributed by atoms with E-state index in [0.717, 1.165) is 6.42 Å². The lowest BCUT2D eigenvalue weighted by Gasteiger charge is -1.96. The van der Waals surface area contributed by atoms with Crippen LogP contribution in [0.4, 0.5) is 0 Å². The smallest absolute Gasteiger partial charge is 0.348 e. The third-order valence-electron chi connectivity index (χ3n) is 0.940. The molecule has 0 aliphatic carbocycles. The average Bonchev–Trinajstić information content (AvgIpc) is 1.97. The number of carbonyl (C=O) groups excluding carboxylic acids is 1. The highest BCUT2D eigenvalue weighted by atomic mass is 16.5. The number of hydrogen-bond donors (Lipinski definition) is 1. The van der Waals surface area contributed by atoms with Crippen molar-refractivity contribution in [3.63, 3.8) is 0 Å². The highest BCUT2D eigenvalue weighted by Crippen LogP contribution is 1.85. The zero-order chi connectivity index (χ0) is 8.69. The van der Waals surface area contributed by atoms with Gasteiger partial charge in [0.2, 0.25) is 0 Å². The summed E-state index contributed by atoms with van der Waals surface area (Å²) in [7, 11) is 0. The summed E-state index contributed by atoms with van der Waals surface area (Å²) in [6, 6.07) is 0. The first-order valence-electron chi connectivity index (χ1n) is 3.55. The van der Waals surface area contributed by atoms with Gasteiger partial charge in [0.25, 0.3) is 0 Å². The molecular weight excluding hydrogens is 144 g/mol. The van der Waals surface area contributed by atoms with Crippen LogP contribution in [-0.2, 0) is 9.53 Å². The lowest BCUT2D eigenvalue weighted by Crippen LogP contribution is -2.16. The van der Waals surface area contributed by atoms with Crippen LogP contribution in [0, 0.1) is 12.0 Å². The van der Waals surface area contributed by atoms with Gasteiger partial charge in [0, 0.05) is 6.42 Å². The van der Waals surface area contributed by atoms with E-state index >= 15 is 0 Å². The third-order valence-corrected chi connectivity index (χ3v) is 0.940. The Bertz CT molecular complexity index is 174. The number of rotatable bonds is 2. The standard InChI is InChI=1S/C8H12O3/c1-3-4-5-6-11-8(10)7(2)9/h7,9H,3-4H2,1-2H3. The minimum atomic E-state index is -1.09. The molecule has 0 heterocycles. The van der Waals surface area contributed by atoms with E-state index in [9.17, 15) is 4.79 Å². The Morgan fingerprint density at radius 2 is 2.36 bits per heavy atom. The van der Waals surface area contributed by atoms with Crippen LogP contribution in [0.2, 0.25) is 0 Å². The first-order chi connectivity index (χ1) is 5.18. The van der Waals surface area contributed by atoms with Gasteiger partial charge in [-0.25, -0.2) is 4.79 Å². The zero-order valence-electron chi connectivity index (χ0n) is 6.76. The molecule has 0 saturated carbocycles. The minimum Gasteiger partial charge on any atom is -0.382 e. The molecule has 0 amide bonds. The largest absolute Gasteiger partial charge is 0.382 e. The fraction of sp³-hybridized carbons (Fsp3) is 0.625. The molecule has 0 saturated heterocycles. The summed E-state index contributed by atoms with van der Waals surface area (Å²) < 4.78 is 4.36. The van der Waals surface area contributed by atoms with Crippen molar-refractivity contribution >= 4 is 5.97 Å². The van der Waals surface area contributed by atoms with Crippen LogP contribution in [0.5, 0.6) is 0 Å². The maximum atomic E-state index is 10.5. The van der Waals surface area contributed by atoms with Crippen LogP contribution in [-0.4, -0.2) is 17.2 Å². The van der Waals surface area contributed by atoms with Crippen LogP contribution in [0.25, 0.3) is 0 Å². The van der Waals surface area contributed by atoms with E-state index in [1.807, 2.05) is 6.92 Å². The molecule has 0 aromatic heterocycles. The first kappa shape index (κ1) is 9.99. The Morgan fingerprint density at radius 1 is 1.73 bits per heavy atom. The van der Waals surface area contributed by atoms with E-state index in [4.69, 9.17) is 5.11 Å². The highest BCUT2D eigenvalue weighted by molar-refractivity contribution is 5.74. The van der Waals surface area contributed by atoms with Crippen molar-refractivity contribution in [2.45, 2.75) is 32.8 Å². The Labute approximate surface area is 66.4 Å². The monoisotopic (exact) mass is 156 g/mol. The maximum Gasteiger partial charge on any atom is 0.348 e. The van der Waals surface area contributed by atoms with Crippen LogP contribution in [0.15, 0.2) is 0 Å². The summed E-state index contributed by atoms with van der Waals surface area (Å²) in [5.74, 6) is 1.92. The fourth-order valence-electron chi connectivity index (χ4n) is 0.348. The summed E-state index contributed by atoms with van der Waals surface area (Å²) in [5, 5.41) is 8.64. The number of esters is 1. The van der Waals surface area contributed by atoms with Gasteiger partial charge in [-0.3, -0.25) is 0 Å². The van der Waals surface area contributed by atoms with Crippen molar-refractivity contribution in [3.8, 4) is 12.0 Å². The summed E-state index contributed by atoms with van der Waals surface area (Å²) >= 11 is 0. The molecule has 0 aliphatic heterocycles. The van der Waals surface area contributed by atoms with Crippen molar-refractivity contribution in [2.75, 3.05) is 0 Å². The molecule has 0 fully saturated rings. The van der Waals surface area contributed by atoms with Crippen molar-refractivity contribution in [1.29, 1.82) is 0 Å². The second kappa shape index (κ2) is 5.75. The summed E-state index contributed by atoms with van der Waals surface area (Å²) in [5.41, 5.74) is 0. The minimum absolute atomic E-state index is 0.700. The van der Waals surface area contributed by atoms with Crippen molar-refractivity contribution in [3.05, 3.63) is 0 Å². The van der Waals surface area contributed by atoms with E-state index in [-0.39, 0.29) is 0 Å². The second-order valence-electron chi connectivity index (χ2n) is 2.13. The summed E-state index contributed by atoms with van der Waals surface area (Å²) in [4.78, 5) is 10.5. The molecule has 3 heteroatoms.